The summed E-state index contributed by atoms with van der Waals surface area (Å²) >= 11 is 0. The monoisotopic (exact) mass is 246 g/mol. The summed E-state index contributed by atoms with van der Waals surface area (Å²) in [6.45, 7) is 7.06. The van der Waals surface area contributed by atoms with Gasteiger partial charge in [-0.2, -0.15) is 0 Å². The van der Waals surface area contributed by atoms with Gasteiger partial charge >= 0.3 is 0 Å². The third kappa shape index (κ3) is 2.27. The lowest BCUT2D eigenvalue weighted by atomic mass is 9.94. The molecular weight excluding hydrogens is 224 g/mol. The highest BCUT2D eigenvalue weighted by atomic mass is 16.2. The Balaban J connectivity index is 2.40. The lowest BCUT2D eigenvalue weighted by Crippen LogP contribution is -2.34. The van der Waals surface area contributed by atoms with Crippen molar-refractivity contribution in [3.05, 3.63) is 34.9 Å². The zero-order valence-corrected chi connectivity index (χ0v) is 11.4. The van der Waals surface area contributed by atoms with Crippen LogP contribution in [-0.2, 0) is 4.79 Å². The van der Waals surface area contributed by atoms with Crippen molar-refractivity contribution in [1.82, 2.24) is 4.90 Å². The molecule has 0 aromatic heterocycles. The molecule has 1 amide bonds. The molecule has 2 rings (SSSR count). The van der Waals surface area contributed by atoms with Crippen LogP contribution in [0, 0.1) is 13.8 Å². The fourth-order valence-corrected chi connectivity index (χ4v) is 2.80. The minimum Gasteiger partial charge on any atom is -0.334 e. The van der Waals surface area contributed by atoms with Gasteiger partial charge in [-0.1, -0.05) is 30.7 Å². The Labute approximate surface area is 109 Å². The fraction of sp³-hybridized carbons (Fsp3) is 0.533. The summed E-state index contributed by atoms with van der Waals surface area (Å²) in [4.78, 5) is 14.0. The average Bonchev–Trinajstić information content (AvgIpc) is 2.58. The van der Waals surface area contributed by atoms with E-state index in [1.165, 1.54) is 16.7 Å². The summed E-state index contributed by atoms with van der Waals surface area (Å²) in [5.74, 6) is 0.190. The Morgan fingerprint density at radius 3 is 2.78 bits per heavy atom. The fourth-order valence-electron chi connectivity index (χ4n) is 2.80. The molecule has 1 aromatic rings. The van der Waals surface area contributed by atoms with Crippen molar-refractivity contribution in [2.24, 2.45) is 5.73 Å². The minimum absolute atomic E-state index is 0.0531. The standard InChI is InChI=1S/C15H22N2O/c1-4-7-17-14(18)9-13(16)15(17)12-8-10(2)5-6-11(12)3/h5-6,8,13,15H,4,7,9,16H2,1-3H3. The summed E-state index contributed by atoms with van der Waals surface area (Å²) in [5, 5.41) is 0. The second-order valence-corrected chi connectivity index (χ2v) is 5.26. The smallest absolute Gasteiger partial charge is 0.224 e. The Bertz CT molecular complexity index is 456. The number of carbonyl (C=O) groups excluding carboxylic acids is 1. The van der Waals surface area contributed by atoms with Crippen molar-refractivity contribution in [2.75, 3.05) is 6.54 Å². The molecule has 0 aliphatic carbocycles. The molecule has 1 fully saturated rings. The second kappa shape index (κ2) is 5.11. The Morgan fingerprint density at radius 2 is 2.11 bits per heavy atom. The van der Waals surface area contributed by atoms with Crippen molar-refractivity contribution in [1.29, 1.82) is 0 Å². The van der Waals surface area contributed by atoms with Gasteiger partial charge < -0.3 is 10.6 Å². The normalized spacial score (nSPS) is 23.8. The number of amides is 1. The molecule has 3 nitrogen and oxygen atoms in total. The maximum absolute atomic E-state index is 12.0. The average molecular weight is 246 g/mol. The van der Waals surface area contributed by atoms with Gasteiger partial charge in [-0.25, -0.2) is 0 Å². The van der Waals surface area contributed by atoms with Crippen LogP contribution >= 0.6 is 0 Å². The van der Waals surface area contributed by atoms with Gasteiger partial charge in [0, 0.05) is 19.0 Å². The van der Waals surface area contributed by atoms with Crippen LogP contribution < -0.4 is 5.73 Å². The predicted molar refractivity (Wildman–Crippen MR) is 73.3 cm³/mol. The number of nitrogens with two attached hydrogens (primary N) is 1. The summed E-state index contributed by atoms with van der Waals surface area (Å²) in [6, 6.07) is 6.36. The van der Waals surface area contributed by atoms with Crippen LogP contribution in [0.5, 0.6) is 0 Å². The molecule has 1 heterocycles. The molecule has 3 heteroatoms. The van der Waals surface area contributed by atoms with E-state index in [9.17, 15) is 4.79 Å². The largest absolute Gasteiger partial charge is 0.334 e. The maximum Gasteiger partial charge on any atom is 0.224 e. The van der Waals surface area contributed by atoms with E-state index in [0.717, 1.165) is 13.0 Å². The second-order valence-electron chi connectivity index (χ2n) is 5.26. The first-order valence-electron chi connectivity index (χ1n) is 6.66. The topological polar surface area (TPSA) is 46.3 Å². The number of hydrogen-bond acceptors (Lipinski definition) is 2. The van der Waals surface area contributed by atoms with E-state index in [4.69, 9.17) is 5.73 Å². The predicted octanol–water partition coefficient (Wildman–Crippen LogP) is 2.31. The lowest BCUT2D eigenvalue weighted by molar-refractivity contribution is -0.129. The molecule has 0 bridgehead atoms. The van der Waals surface area contributed by atoms with E-state index in [1.807, 2.05) is 4.90 Å². The number of likely N-dealkylation sites (tertiary alicyclic amines) is 1. The number of aryl methyl sites for hydroxylation is 2. The van der Waals surface area contributed by atoms with E-state index in [0.29, 0.717) is 6.42 Å². The van der Waals surface area contributed by atoms with Crippen LogP contribution in [0.15, 0.2) is 18.2 Å². The molecule has 18 heavy (non-hydrogen) atoms. The first-order chi connectivity index (χ1) is 8.54. The van der Waals surface area contributed by atoms with Crippen LogP contribution in [0.3, 0.4) is 0 Å². The third-order valence-electron chi connectivity index (χ3n) is 3.69. The molecule has 2 unspecified atom stereocenters. The van der Waals surface area contributed by atoms with E-state index >= 15 is 0 Å². The Morgan fingerprint density at radius 1 is 1.39 bits per heavy atom. The zero-order chi connectivity index (χ0) is 13.3. The highest BCUT2D eigenvalue weighted by Gasteiger charge is 2.38. The van der Waals surface area contributed by atoms with Gasteiger partial charge in [0.15, 0.2) is 0 Å². The SMILES string of the molecule is CCCN1C(=O)CC(N)C1c1cc(C)ccc1C. The van der Waals surface area contributed by atoms with Gasteiger partial charge in [-0.15, -0.1) is 0 Å². The molecule has 1 aromatic carbocycles. The number of benzene rings is 1. The van der Waals surface area contributed by atoms with Gasteiger partial charge in [-0.3, -0.25) is 4.79 Å². The quantitative estimate of drug-likeness (QED) is 0.889. The molecule has 0 spiro atoms. The Kier molecular flexibility index (Phi) is 3.71. The van der Waals surface area contributed by atoms with E-state index in [-0.39, 0.29) is 18.0 Å². The van der Waals surface area contributed by atoms with Gasteiger partial charge in [-0.05, 0) is 31.4 Å². The van der Waals surface area contributed by atoms with Crippen LogP contribution in [0.1, 0.15) is 42.5 Å². The van der Waals surface area contributed by atoms with Crippen molar-refractivity contribution in [3.63, 3.8) is 0 Å². The van der Waals surface area contributed by atoms with Crippen molar-refractivity contribution in [2.45, 2.75) is 45.7 Å². The van der Waals surface area contributed by atoms with Gasteiger partial charge in [0.2, 0.25) is 5.91 Å². The van der Waals surface area contributed by atoms with Gasteiger partial charge in [0.25, 0.3) is 0 Å². The molecule has 98 valence electrons. The maximum atomic E-state index is 12.0. The van der Waals surface area contributed by atoms with Gasteiger partial charge in [0.05, 0.1) is 6.04 Å². The van der Waals surface area contributed by atoms with Crippen molar-refractivity contribution >= 4 is 5.91 Å². The van der Waals surface area contributed by atoms with Crippen LogP contribution in [0.4, 0.5) is 0 Å². The Hall–Kier alpha value is -1.35. The highest BCUT2D eigenvalue weighted by molar-refractivity contribution is 5.80. The molecule has 2 atom stereocenters. The van der Waals surface area contributed by atoms with Gasteiger partial charge in [0.1, 0.15) is 0 Å². The molecule has 1 aliphatic heterocycles. The number of nitrogens with zero attached hydrogens (tertiary/aromatic N) is 1. The number of carbonyl (C=O) groups is 1. The van der Waals surface area contributed by atoms with E-state index in [2.05, 4.69) is 39.0 Å². The first-order valence-corrected chi connectivity index (χ1v) is 6.66. The molecule has 2 N–H and O–H groups in total. The van der Waals surface area contributed by atoms with E-state index < -0.39 is 0 Å². The molecule has 0 saturated carbocycles. The lowest BCUT2D eigenvalue weighted by Gasteiger charge is -2.28. The van der Waals surface area contributed by atoms with Crippen LogP contribution in [-0.4, -0.2) is 23.4 Å². The third-order valence-corrected chi connectivity index (χ3v) is 3.69. The first kappa shape index (κ1) is 13.1. The molecule has 1 aliphatic rings. The van der Waals surface area contributed by atoms with Crippen LogP contribution in [0.2, 0.25) is 0 Å². The number of rotatable bonds is 3. The summed E-state index contributed by atoms with van der Waals surface area (Å²) in [6.07, 6.45) is 1.44. The minimum atomic E-state index is -0.0791. The molecular formula is C15H22N2O. The van der Waals surface area contributed by atoms with Crippen molar-refractivity contribution in [3.8, 4) is 0 Å². The summed E-state index contributed by atoms with van der Waals surface area (Å²) in [5.41, 5.74) is 9.83. The van der Waals surface area contributed by atoms with E-state index in [1.54, 1.807) is 0 Å². The molecule has 1 saturated heterocycles. The summed E-state index contributed by atoms with van der Waals surface area (Å²) < 4.78 is 0. The zero-order valence-electron chi connectivity index (χ0n) is 11.4. The summed E-state index contributed by atoms with van der Waals surface area (Å²) in [7, 11) is 0. The van der Waals surface area contributed by atoms with Crippen molar-refractivity contribution < 1.29 is 4.79 Å². The highest BCUT2D eigenvalue weighted by Crippen LogP contribution is 2.34. The number of hydrogen-bond donors (Lipinski definition) is 1. The van der Waals surface area contributed by atoms with Crippen LogP contribution in [0.25, 0.3) is 0 Å². The molecule has 0 radical (unpaired) electrons.